The summed E-state index contributed by atoms with van der Waals surface area (Å²) in [5.74, 6) is -1.08. The zero-order valence-corrected chi connectivity index (χ0v) is 12.1. The zero-order chi connectivity index (χ0) is 16.2. The van der Waals surface area contributed by atoms with E-state index in [-0.39, 0.29) is 0 Å². The first kappa shape index (κ1) is 14.9. The molecule has 6 heteroatoms. The quantitative estimate of drug-likeness (QED) is 0.393. The van der Waals surface area contributed by atoms with E-state index in [9.17, 15) is 9.18 Å². The molecule has 0 unspecified atom stereocenters. The molecule has 1 aromatic heterocycles. The van der Waals surface area contributed by atoms with Gasteiger partial charge in [-0.1, -0.05) is 24.3 Å². The van der Waals surface area contributed by atoms with Crippen LogP contribution in [0.15, 0.2) is 54.6 Å². The van der Waals surface area contributed by atoms with E-state index in [1.807, 2.05) is 18.2 Å². The third-order valence-electron chi connectivity index (χ3n) is 3.49. The number of anilines is 1. The van der Waals surface area contributed by atoms with E-state index in [0.29, 0.717) is 17.6 Å². The lowest BCUT2D eigenvalue weighted by Gasteiger charge is -2.09. The van der Waals surface area contributed by atoms with Crippen molar-refractivity contribution in [3.05, 3.63) is 71.7 Å². The minimum absolute atomic E-state index is 0.366. The van der Waals surface area contributed by atoms with Crippen molar-refractivity contribution in [1.82, 2.24) is 10.5 Å². The molecular weight excluding hydrogens is 297 g/mol. The van der Waals surface area contributed by atoms with Crippen LogP contribution in [0.25, 0.3) is 10.9 Å². The van der Waals surface area contributed by atoms with E-state index in [4.69, 9.17) is 5.21 Å². The maximum absolute atomic E-state index is 13.3. The summed E-state index contributed by atoms with van der Waals surface area (Å²) >= 11 is 0. The molecule has 0 atom stereocenters. The molecule has 0 fully saturated rings. The molecule has 0 radical (unpaired) electrons. The molecule has 0 saturated heterocycles. The molecule has 0 aliphatic rings. The molecule has 23 heavy (non-hydrogen) atoms. The van der Waals surface area contributed by atoms with Crippen molar-refractivity contribution < 1.29 is 14.4 Å². The second-order valence-electron chi connectivity index (χ2n) is 5.00. The van der Waals surface area contributed by atoms with Crippen molar-refractivity contribution in [3.8, 4) is 0 Å². The van der Waals surface area contributed by atoms with Crippen LogP contribution in [-0.2, 0) is 6.54 Å². The monoisotopic (exact) mass is 311 g/mol. The van der Waals surface area contributed by atoms with Gasteiger partial charge in [-0.25, -0.2) is 10.5 Å². The summed E-state index contributed by atoms with van der Waals surface area (Å²) in [4.78, 5) is 15.2. The minimum atomic E-state index is -0.557. The van der Waals surface area contributed by atoms with Gasteiger partial charge in [0.15, 0.2) is 0 Å². The summed E-state index contributed by atoms with van der Waals surface area (Å²) in [5, 5.41) is 12.7. The van der Waals surface area contributed by atoms with Crippen molar-refractivity contribution >= 4 is 22.5 Å². The Morgan fingerprint density at radius 2 is 1.87 bits per heavy atom. The van der Waals surface area contributed by atoms with Crippen LogP contribution in [-0.4, -0.2) is 16.1 Å². The van der Waals surface area contributed by atoms with Gasteiger partial charge in [0.25, 0.3) is 5.91 Å². The number of nitrogens with zero attached hydrogens (tertiary/aromatic N) is 1. The van der Waals surface area contributed by atoms with Crippen LogP contribution in [0.5, 0.6) is 0 Å². The zero-order valence-electron chi connectivity index (χ0n) is 12.1. The number of carbonyl (C=O) groups is 1. The molecule has 0 bridgehead atoms. The Morgan fingerprint density at radius 1 is 1.09 bits per heavy atom. The summed E-state index contributed by atoms with van der Waals surface area (Å²) in [5.41, 5.74) is 4.20. The second-order valence-corrected chi connectivity index (χ2v) is 5.00. The average molecular weight is 311 g/mol. The topological polar surface area (TPSA) is 74.2 Å². The van der Waals surface area contributed by atoms with E-state index in [1.165, 1.54) is 6.07 Å². The number of aromatic nitrogens is 1. The molecule has 116 valence electrons. The smallest absolute Gasteiger partial charge is 0.274 e. The fourth-order valence-corrected chi connectivity index (χ4v) is 2.30. The van der Waals surface area contributed by atoms with Gasteiger partial charge in [0.2, 0.25) is 5.95 Å². The lowest BCUT2D eigenvalue weighted by atomic mass is 10.1. The number of benzene rings is 2. The third kappa shape index (κ3) is 3.27. The average Bonchev–Trinajstić information content (AvgIpc) is 2.59. The Morgan fingerprint density at radius 3 is 2.61 bits per heavy atom. The molecule has 2 aromatic carbocycles. The van der Waals surface area contributed by atoms with Gasteiger partial charge < -0.3 is 5.32 Å². The highest BCUT2D eigenvalue weighted by molar-refractivity contribution is 5.93. The van der Waals surface area contributed by atoms with Crippen LogP contribution >= 0.6 is 0 Å². The second kappa shape index (κ2) is 6.41. The van der Waals surface area contributed by atoms with Crippen LogP contribution in [0.1, 0.15) is 15.9 Å². The number of carbonyl (C=O) groups excluding carboxylic acids is 1. The Balaban J connectivity index is 1.78. The summed E-state index contributed by atoms with van der Waals surface area (Å²) in [6.45, 7) is 0.498. The van der Waals surface area contributed by atoms with E-state index in [1.54, 1.807) is 35.8 Å². The van der Waals surface area contributed by atoms with Crippen molar-refractivity contribution in [2.75, 3.05) is 5.32 Å². The molecule has 0 aliphatic heterocycles. The number of hydrogen-bond acceptors (Lipinski definition) is 4. The maximum atomic E-state index is 13.3. The fourth-order valence-electron chi connectivity index (χ4n) is 2.30. The number of fused-ring (bicyclic) bond motifs is 1. The summed E-state index contributed by atoms with van der Waals surface area (Å²) in [6, 6.07) is 15.4. The molecule has 3 N–H and O–H groups in total. The standard InChI is InChI=1S/C17H14FN3O2/c18-15-9-8-12-2-1-3-14(16(12)20-15)19-10-11-4-6-13(7-5-11)17(22)21-23/h1-9,19,23H,10H2,(H,21,22). The van der Waals surface area contributed by atoms with Gasteiger partial charge >= 0.3 is 0 Å². The molecule has 5 nitrogen and oxygen atoms in total. The van der Waals surface area contributed by atoms with Gasteiger partial charge in [-0.15, -0.1) is 0 Å². The largest absolute Gasteiger partial charge is 0.379 e. The van der Waals surface area contributed by atoms with Crippen LogP contribution in [0.2, 0.25) is 0 Å². The van der Waals surface area contributed by atoms with E-state index >= 15 is 0 Å². The van der Waals surface area contributed by atoms with E-state index in [2.05, 4.69) is 10.3 Å². The van der Waals surface area contributed by atoms with Crippen LogP contribution in [0.4, 0.5) is 10.1 Å². The van der Waals surface area contributed by atoms with Crippen molar-refractivity contribution in [3.63, 3.8) is 0 Å². The molecule has 1 amide bonds. The van der Waals surface area contributed by atoms with Crippen LogP contribution in [0.3, 0.4) is 0 Å². The SMILES string of the molecule is O=C(NO)c1ccc(CNc2cccc3ccc(F)nc23)cc1. The van der Waals surface area contributed by atoms with Gasteiger partial charge in [-0.05, 0) is 35.9 Å². The highest BCUT2D eigenvalue weighted by Crippen LogP contribution is 2.22. The number of nitrogens with one attached hydrogen (secondary N) is 2. The Kier molecular flexibility index (Phi) is 4.16. The lowest BCUT2D eigenvalue weighted by molar-refractivity contribution is 0.0706. The van der Waals surface area contributed by atoms with E-state index < -0.39 is 11.9 Å². The lowest BCUT2D eigenvalue weighted by Crippen LogP contribution is -2.18. The molecule has 3 aromatic rings. The van der Waals surface area contributed by atoms with Gasteiger partial charge in [-0.2, -0.15) is 4.39 Å². The number of hydroxylamine groups is 1. The highest BCUT2D eigenvalue weighted by Gasteiger charge is 2.05. The van der Waals surface area contributed by atoms with E-state index in [0.717, 1.165) is 16.6 Å². The summed E-state index contributed by atoms with van der Waals surface area (Å²) in [6.07, 6.45) is 0. The Bertz CT molecular complexity index is 850. The molecule has 0 spiro atoms. The minimum Gasteiger partial charge on any atom is -0.379 e. The van der Waals surface area contributed by atoms with Crippen molar-refractivity contribution in [2.24, 2.45) is 0 Å². The Hall–Kier alpha value is -2.99. The maximum Gasteiger partial charge on any atom is 0.274 e. The molecule has 0 saturated carbocycles. The summed E-state index contributed by atoms with van der Waals surface area (Å²) < 4.78 is 13.3. The molecular formula is C17H14FN3O2. The normalized spacial score (nSPS) is 10.5. The number of rotatable bonds is 4. The fraction of sp³-hybridized carbons (Fsp3) is 0.0588. The van der Waals surface area contributed by atoms with Gasteiger partial charge in [0, 0.05) is 17.5 Å². The first-order valence-corrected chi connectivity index (χ1v) is 7.00. The first-order chi connectivity index (χ1) is 11.2. The molecule has 0 aliphatic carbocycles. The van der Waals surface area contributed by atoms with Crippen LogP contribution < -0.4 is 10.8 Å². The molecule has 3 rings (SSSR count). The Labute approximate surface area is 131 Å². The summed E-state index contributed by atoms with van der Waals surface area (Å²) in [7, 11) is 0. The number of pyridine rings is 1. The third-order valence-corrected chi connectivity index (χ3v) is 3.49. The number of halogens is 1. The predicted molar refractivity (Wildman–Crippen MR) is 84.7 cm³/mol. The number of amides is 1. The number of para-hydroxylation sites is 1. The van der Waals surface area contributed by atoms with Crippen LogP contribution in [0, 0.1) is 5.95 Å². The van der Waals surface area contributed by atoms with Crippen molar-refractivity contribution in [1.29, 1.82) is 0 Å². The predicted octanol–water partition coefficient (Wildman–Crippen LogP) is 3.11. The van der Waals surface area contributed by atoms with Crippen molar-refractivity contribution in [2.45, 2.75) is 6.54 Å². The van der Waals surface area contributed by atoms with Gasteiger partial charge in [0.05, 0.1) is 11.2 Å². The highest BCUT2D eigenvalue weighted by atomic mass is 19.1. The van der Waals surface area contributed by atoms with Gasteiger partial charge in [-0.3, -0.25) is 10.0 Å². The first-order valence-electron chi connectivity index (χ1n) is 7.00. The number of hydrogen-bond donors (Lipinski definition) is 3. The van der Waals surface area contributed by atoms with Gasteiger partial charge in [0.1, 0.15) is 0 Å². The molecule has 1 heterocycles.